The number of carbonyl (C=O) groups excluding carboxylic acids is 18. The number of amides is 9. The van der Waals surface area contributed by atoms with E-state index < -0.39 is 207 Å². The predicted molar refractivity (Wildman–Crippen MR) is 461 cm³/mol. The van der Waals surface area contributed by atoms with Gasteiger partial charge in [0.05, 0.1) is 13.1 Å². The number of nitrogens with zero attached hydrogens (tertiary/aromatic N) is 1. The topological polar surface area (TPSA) is 578 Å². The van der Waals surface area contributed by atoms with Gasteiger partial charge in [0.25, 0.3) is 0 Å². The highest BCUT2D eigenvalue weighted by atomic mass is 16.7. The van der Waals surface area contributed by atoms with Crippen LogP contribution >= 0.6 is 0 Å². The molecule has 132 heavy (non-hydrogen) atoms. The highest BCUT2D eigenvalue weighted by Crippen LogP contribution is 2.32. The molecule has 45 heteroatoms. The molecule has 0 bridgehead atoms. The largest absolute Gasteiger partial charge is 0.463 e. The van der Waals surface area contributed by atoms with Crippen LogP contribution < -0.4 is 53.2 Å². The Labute approximate surface area is 768 Å². The summed E-state index contributed by atoms with van der Waals surface area (Å²) < 4.78 is 90.1. The van der Waals surface area contributed by atoms with E-state index in [1.807, 2.05) is 30.3 Å². The minimum atomic E-state index is -1.30. The Balaban J connectivity index is 1.39. The van der Waals surface area contributed by atoms with Gasteiger partial charge >= 0.3 is 59.8 Å². The molecule has 45 nitrogen and oxygen atoms in total. The number of esters is 9. The van der Waals surface area contributed by atoms with Gasteiger partial charge in [0, 0.05) is 174 Å². The number of unbranched alkanes of at least 4 members (excludes halogenated alkanes) is 7. The zero-order valence-electron chi connectivity index (χ0n) is 77.7. The first-order valence-corrected chi connectivity index (χ1v) is 44.7. The van der Waals surface area contributed by atoms with Gasteiger partial charge in [0.1, 0.15) is 62.9 Å². The molecule has 4 rings (SSSR count). The second-order valence-electron chi connectivity index (χ2n) is 31.8. The van der Waals surface area contributed by atoms with Gasteiger partial charge in [-0.1, -0.05) is 56.0 Å². The fourth-order valence-corrected chi connectivity index (χ4v) is 14.3. The van der Waals surface area contributed by atoms with E-state index >= 15 is 0 Å². The van der Waals surface area contributed by atoms with Crippen LogP contribution in [0.25, 0.3) is 0 Å². The third kappa shape index (κ3) is 48.5. The van der Waals surface area contributed by atoms with E-state index in [0.717, 1.165) is 47.1 Å². The number of rotatable bonds is 62. The lowest BCUT2D eigenvalue weighted by molar-refractivity contribution is -0.277. The van der Waals surface area contributed by atoms with Crippen LogP contribution in [0.3, 0.4) is 0 Å². The number of alkyl carbamates (subject to hydrolysis) is 1. The second kappa shape index (κ2) is 64.1. The van der Waals surface area contributed by atoms with E-state index in [2.05, 4.69) is 53.2 Å². The van der Waals surface area contributed by atoms with Crippen LogP contribution in [0.2, 0.25) is 0 Å². The monoisotopic (exact) mass is 1880 g/mol. The van der Waals surface area contributed by atoms with E-state index in [4.69, 9.17) is 75.8 Å². The summed E-state index contributed by atoms with van der Waals surface area (Å²) in [5, 5.41) is 28.6. The lowest BCUT2D eigenvalue weighted by atomic mass is 9.96. The van der Waals surface area contributed by atoms with Gasteiger partial charge in [-0.2, -0.15) is 0 Å². The third-order valence-corrected chi connectivity index (χ3v) is 20.1. The predicted octanol–water partition coefficient (Wildman–Crippen LogP) is 0.794. The summed E-state index contributed by atoms with van der Waals surface area (Å²) in [6, 6.07) is 5.22. The van der Waals surface area contributed by atoms with Crippen LogP contribution in [-0.2, 0) is 164 Å². The number of hydrogen-bond donors (Lipinski definition) is 10. The molecule has 0 saturated carbocycles. The average Bonchev–Trinajstić information content (AvgIpc) is 0.795. The summed E-state index contributed by atoms with van der Waals surface area (Å²) >= 11 is 0. The lowest BCUT2D eigenvalue weighted by Gasteiger charge is -2.44. The SMILES string of the molecule is CC(=O)NC1C(OCCCCCC(=O)NCCCNCC(CCCCNC(=O)OCc2ccccc2)N(CC(=O)NCCCNC(=O)CCCCCOC2OC(COC(C)=O)C(OC(C)=O)C(OC(C)=O)C2NC(C)=O)CC(=O)NCCCNC(=O)CCCCCOC2OC(COC(C)=O)C(OC(C)=O)C(OC(C)=O)C2NC(C)=O)OC(COC(C)=O)C(OC(C)=O)C1OC(C)=O. The molecule has 1 aromatic rings. The second-order valence-corrected chi connectivity index (χ2v) is 31.8. The van der Waals surface area contributed by atoms with Crippen molar-refractivity contribution in [3.63, 3.8) is 0 Å². The summed E-state index contributed by atoms with van der Waals surface area (Å²) in [7, 11) is 0. The van der Waals surface area contributed by atoms with Crippen LogP contribution in [0, 0.1) is 0 Å². The maximum atomic E-state index is 14.0. The quantitative estimate of drug-likeness (QED) is 0.0245. The lowest BCUT2D eigenvalue weighted by Crippen LogP contribution is -2.66. The minimum absolute atomic E-state index is 0.0477. The first kappa shape index (κ1) is 113. The molecular weight excluding hydrogens is 1740 g/mol. The van der Waals surface area contributed by atoms with E-state index in [0.29, 0.717) is 103 Å². The Morgan fingerprint density at radius 3 is 0.955 bits per heavy atom. The van der Waals surface area contributed by atoms with Crippen molar-refractivity contribution < 1.29 is 162 Å². The van der Waals surface area contributed by atoms with Gasteiger partial charge in [0.15, 0.2) is 55.5 Å². The molecule has 1 aromatic carbocycles. The van der Waals surface area contributed by atoms with E-state index in [1.165, 1.54) is 41.5 Å². The average molecular weight is 1880 g/mol. The van der Waals surface area contributed by atoms with Crippen molar-refractivity contribution in [1.82, 2.24) is 58.1 Å². The smallest absolute Gasteiger partial charge is 0.407 e. The Morgan fingerprint density at radius 2 is 0.636 bits per heavy atom. The Kier molecular flexibility index (Phi) is 55.1. The molecule has 9 amide bonds. The van der Waals surface area contributed by atoms with Crippen LogP contribution in [-0.4, -0.2) is 315 Å². The molecule has 3 aliphatic heterocycles. The van der Waals surface area contributed by atoms with Crippen molar-refractivity contribution in [2.75, 3.05) is 105 Å². The molecule has 0 radical (unpaired) electrons. The van der Waals surface area contributed by atoms with E-state index in [1.54, 1.807) is 4.90 Å². The van der Waals surface area contributed by atoms with Crippen molar-refractivity contribution in [2.24, 2.45) is 0 Å². The fraction of sp³-hybridized carbons (Fsp3) is 0.724. The van der Waals surface area contributed by atoms with E-state index in [9.17, 15) is 86.3 Å². The summed E-state index contributed by atoms with van der Waals surface area (Å²) in [5.74, 6) is -9.76. The maximum Gasteiger partial charge on any atom is 0.407 e. The molecule has 0 aliphatic carbocycles. The van der Waals surface area contributed by atoms with E-state index in [-0.39, 0.29) is 122 Å². The van der Waals surface area contributed by atoms with Crippen molar-refractivity contribution in [2.45, 2.75) is 303 Å². The van der Waals surface area contributed by atoms with Crippen molar-refractivity contribution in [3.05, 3.63) is 35.9 Å². The van der Waals surface area contributed by atoms with Gasteiger partial charge in [-0.15, -0.1) is 0 Å². The molecule has 0 aromatic heterocycles. The molecule has 3 saturated heterocycles. The molecule has 3 aliphatic rings. The number of ether oxygens (including phenoxy) is 16. The zero-order valence-corrected chi connectivity index (χ0v) is 77.7. The summed E-state index contributed by atoms with van der Waals surface area (Å²) in [4.78, 5) is 228. The number of nitrogens with one attached hydrogen (secondary N) is 10. The molecule has 744 valence electrons. The Bertz CT molecular complexity index is 3690. The highest BCUT2D eigenvalue weighted by molar-refractivity contribution is 5.82. The molecule has 16 unspecified atom stereocenters. The van der Waals surface area contributed by atoms with Crippen LogP contribution in [0.1, 0.15) is 204 Å². The molecule has 16 atom stereocenters. The Hall–Kier alpha value is -10.8. The fourth-order valence-electron chi connectivity index (χ4n) is 14.3. The summed E-state index contributed by atoms with van der Waals surface area (Å²) in [6.07, 6.45) is -8.55. The minimum Gasteiger partial charge on any atom is -0.463 e. The standard InChI is InChI=1S/C87H137N11O34/c1-53(99)95-75-81(127-62(10)108)78(124-59(7)105)67(50-120-56(4)102)130-84(75)117-43-24-14-19-33-70(111)89-38-27-36-88-46-66(32-22-23-37-94-87(116)123-49-65-30-17-13-18-31-65)98(47-73(114)92-41-28-39-90-71(112)34-20-15-25-44-118-85-76(96-54(2)100)82(128-63(11)109)79(125-60(8)106)68(131-85)51-121-57(5)103)48-74(115)93-42-29-40-91-72(113)35-21-16-26-45-119-86-77(97-55(3)101)83(129-64(12)110)80(126-61(9)107)69(132-86)52-122-58(6)104/h13,17-18,30-31,66-69,75-86,88H,14-16,19-29,32-52H2,1-12H3,(H,89,111)(H,90,112)(H,91,113)(H,92,114)(H,93,115)(H,94,116)(H,95,99)(H,96,100)(H,97,101). The summed E-state index contributed by atoms with van der Waals surface area (Å²) in [5.41, 5.74) is 0.799. The molecule has 3 heterocycles. The van der Waals surface area contributed by atoms with Crippen molar-refractivity contribution in [3.8, 4) is 0 Å². The number of carbonyl (C=O) groups is 18. The Morgan fingerprint density at radius 1 is 0.326 bits per heavy atom. The normalized spacial score (nSPS) is 21.6. The van der Waals surface area contributed by atoms with Gasteiger partial charge < -0.3 is 129 Å². The van der Waals surface area contributed by atoms with Gasteiger partial charge in [-0.3, -0.25) is 86.4 Å². The molecular formula is C87H137N11O34. The molecule has 0 spiro atoms. The van der Waals surface area contributed by atoms with Crippen LogP contribution in [0.4, 0.5) is 4.79 Å². The van der Waals surface area contributed by atoms with Crippen molar-refractivity contribution in [1.29, 1.82) is 0 Å². The number of hydrogen-bond acceptors (Lipinski definition) is 36. The van der Waals surface area contributed by atoms with Gasteiger partial charge in [0.2, 0.25) is 47.3 Å². The maximum absolute atomic E-state index is 14.0. The van der Waals surface area contributed by atoms with Crippen LogP contribution in [0.5, 0.6) is 0 Å². The van der Waals surface area contributed by atoms with Crippen molar-refractivity contribution >= 4 is 107 Å². The third-order valence-electron chi connectivity index (χ3n) is 20.1. The molecule has 3 fully saturated rings. The van der Waals surface area contributed by atoms with Crippen LogP contribution in [0.15, 0.2) is 30.3 Å². The van der Waals surface area contributed by atoms with Gasteiger partial charge in [-0.25, -0.2) is 4.79 Å². The summed E-state index contributed by atoms with van der Waals surface area (Å²) in [6.45, 7) is 14.3. The first-order chi connectivity index (χ1) is 62.9. The zero-order chi connectivity index (χ0) is 97.5. The first-order valence-electron chi connectivity index (χ1n) is 44.7. The molecule has 10 N–H and O–H groups in total. The number of benzene rings is 1. The highest BCUT2D eigenvalue weighted by Gasteiger charge is 2.54. The van der Waals surface area contributed by atoms with Gasteiger partial charge in [-0.05, 0) is 82.7 Å².